The van der Waals surface area contributed by atoms with E-state index in [0.29, 0.717) is 12.3 Å². The molecule has 11 heterocycles. The Balaban J connectivity index is 0.000000107. The van der Waals surface area contributed by atoms with Gasteiger partial charge < -0.3 is 49.0 Å². The zero-order chi connectivity index (χ0) is 89.4. The van der Waals surface area contributed by atoms with Crippen LogP contribution >= 0.6 is 0 Å². The molecule has 22 rings (SSSR count). The van der Waals surface area contributed by atoms with Crippen molar-refractivity contribution >= 4 is 51.3 Å². The molecule has 10 aliphatic rings. The van der Waals surface area contributed by atoms with Gasteiger partial charge in [0.1, 0.15) is 30.8 Å². The fourth-order valence-corrected chi connectivity index (χ4v) is 21.7. The highest BCUT2D eigenvalue weighted by atomic mass is 15.4. The van der Waals surface area contributed by atoms with Gasteiger partial charge in [0.25, 0.3) is 0 Å². The average Bonchev–Trinajstić information content (AvgIpc) is 1.44. The quantitative estimate of drug-likeness (QED) is 0.163. The second kappa shape index (κ2) is 29.6. The molecular formula is C107H118N16. The molecule has 0 amide bonds. The van der Waals surface area contributed by atoms with Crippen LogP contribution in [0.3, 0.4) is 0 Å². The first-order valence-electron chi connectivity index (χ1n) is 45.0. The van der Waals surface area contributed by atoms with Gasteiger partial charge in [-0.05, 0) is 207 Å². The van der Waals surface area contributed by atoms with Crippen molar-refractivity contribution in [2.45, 2.75) is 196 Å². The Kier molecular flexibility index (Phi) is 18.7. The normalized spacial score (nSPS) is 20.5. The molecule has 16 heteroatoms. The van der Waals surface area contributed by atoms with Crippen molar-refractivity contribution in [1.82, 2.24) is 44.6 Å². The molecule has 0 N–H and O–H groups in total. The number of pyridine rings is 6. The molecule has 12 aromatic rings. The maximum absolute atomic E-state index is 7.77. The van der Waals surface area contributed by atoms with Gasteiger partial charge >= 0.3 is 0 Å². The molecule has 0 saturated carbocycles. The minimum absolute atomic E-state index is 0.0327. The van der Waals surface area contributed by atoms with E-state index in [1.54, 1.807) is 6.20 Å². The average molecular weight is 1630 g/mol. The van der Waals surface area contributed by atoms with Gasteiger partial charge in [-0.15, -0.1) is 0 Å². The Morgan fingerprint density at radius 3 is 0.984 bits per heavy atom. The number of para-hydroxylation sites is 2. The minimum atomic E-state index is -2.16. The summed E-state index contributed by atoms with van der Waals surface area (Å²) in [5.74, 6) is 1.03. The van der Waals surface area contributed by atoms with E-state index < -0.39 is 6.98 Å². The first-order valence-corrected chi connectivity index (χ1v) is 43.5. The number of aryl methyl sites for hydroxylation is 5. The molecule has 5 atom stereocenters. The number of fused-ring (bicyclic) bond motifs is 17. The monoisotopic (exact) mass is 1630 g/mol. The summed E-state index contributed by atoms with van der Waals surface area (Å²) in [5, 5.41) is 0. The van der Waals surface area contributed by atoms with E-state index in [2.05, 4.69) is 360 Å². The largest absolute Gasteiger partial charge is 0.359 e. The van der Waals surface area contributed by atoms with Crippen LogP contribution < -0.4 is 34.3 Å². The van der Waals surface area contributed by atoms with Crippen LogP contribution in [0.4, 0.5) is 51.3 Å². The van der Waals surface area contributed by atoms with Crippen LogP contribution in [-0.4, -0.2) is 111 Å². The van der Waals surface area contributed by atoms with Crippen molar-refractivity contribution in [1.29, 1.82) is 0 Å². The molecular weight excluding hydrogens is 1510 g/mol. The van der Waals surface area contributed by atoms with Gasteiger partial charge in [0.05, 0.1) is 74.0 Å². The third-order valence-corrected chi connectivity index (χ3v) is 28.6. The molecule has 5 aliphatic heterocycles. The molecule has 5 aliphatic carbocycles. The minimum Gasteiger partial charge on any atom is -0.359 e. The van der Waals surface area contributed by atoms with Gasteiger partial charge in [-0.1, -0.05) is 172 Å². The standard InChI is InChI=1S/C24H25N3.C23H24N4.3C20H23N3/c1-15-12-13-17-18-9-8-14-25-23(18)24(3,4)21(17)22(15)27-16(2)26(5)19-10-6-7-11-20(19)27;1-14-10-11-16-17-8-6-12-24-21(17)23(3,4)19(16)20(14)27-15(2)26(5)18-9-7-13-25-22(18)27;1-13-8-9-15-17(19(13)23-12-11-22(5)14(23)2)20(3,4)16-7-6-10-21-18(15)16;2*1-13-8-9-15-16-7-6-10-21-19(16)20(3,4)17(15)18(13)23-12-11-22(5)14(23)2/h6-14,16H,1-5H3;6-13,15H,1-5H3;3*6-12,14H,1-5H3/t16-;15-;3*14-/m00000/s1/i;;;5D3;. The molecule has 6 aromatic heterocycles. The van der Waals surface area contributed by atoms with Crippen LogP contribution in [0.1, 0.15) is 192 Å². The molecule has 0 saturated heterocycles. The lowest BCUT2D eigenvalue weighted by atomic mass is 9.80. The molecule has 6 aromatic carbocycles. The van der Waals surface area contributed by atoms with Crippen LogP contribution in [0, 0.1) is 34.6 Å². The van der Waals surface area contributed by atoms with Crippen LogP contribution in [0.25, 0.3) is 55.8 Å². The maximum atomic E-state index is 7.77. The molecule has 626 valence electrons. The van der Waals surface area contributed by atoms with E-state index in [1.807, 2.05) is 86.7 Å². The fraction of sp³-hybridized carbons (Fsp3) is 0.327. The first-order chi connectivity index (χ1) is 59.8. The van der Waals surface area contributed by atoms with Crippen LogP contribution in [0.5, 0.6) is 0 Å². The Bertz CT molecular complexity index is 6180. The first kappa shape index (κ1) is 77.7. The predicted molar refractivity (Wildman–Crippen MR) is 510 cm³/mol. The molecule has 0 spiro atoms. The third-order valence-electron chi connectivity index (χ3n) is 28.6. The number of nitrogens with zero attached hydrogens (tertiary/aromatic N) is 16. The van der Waals surface area contributed by atoms with Gasteiger partial charge in [0.2, 0.25) is 0 Å². The van der Waals surface area contributed by atoms with Crippen molar-refractivity contribution in [2.24, 2.45) is 0 Å². The summed E-state index contributed by atoms with van der Waals surface area (Å²) in [7, 11) is 8.58. The maximum Gasteiger partial charge on any atom is 0.158 e. The molecule has 0 fully saturated rings. The number of hydrogen-bond acceptors (Lipinski definition) is 16. The van der Waals surface area contributed by atoms with E-state index in [0.717, 1.165) is 39.7 Å². The Morgan fingerprint density at radius 1 is 0.276 bits per heavy atom. The van der Waals surface area contributed by atoms with Crippen molar-refractivity contribution in [2.75, 3.05) is 69.5 Å². The van der Waals surface area contributed by atoms with E-state index in [9.17, 15) is 0 Å². The summed E-state index contributed by atoms with van der Waals surface area (Å²) in [6.07, 6.45) is 24.4. The summed E-state index contributed by atoms with van der Waals surface area (Å²) in [6, 6.07) is 56.2. The summed E-state index contributed by atoms with van der Waals surface area (Å²) < 4.78 is 23.3. The van der Waals surface area contributed by atoms with Crippen LogP contribution in [0.2, 0.25) is 0 Å². The van der Waals surface area contributed by atoms with E-state index in [4.69, 9.17) is 24.0 Å². The van der Waals surface area contributed by atoms with Crippen LogP contribution in [-0.2, 0) is 27.1 Å². The molecule has 0 radical (unpaired) electrons. The van der Waals surface area contributed by atoms with E-state index in [1.165, 1.54) is 156 Å². The van der Waals surface area contributed by atoms with Gasteiger partial charge in [0, 0.05) is 169 Å². The zero-order valence-electron chi connectivity index (χ0n) is 79.0. The SMILES string of the molecule is Cc1ccc2c(c1N1C=CN(C)[C@@H]1C)C(C)(C)c1cccnc1-2.Cc1ccc2c(c1N1C=CN(C)[C@@H]1C)C(C)(C)c1ncccc1-2.Cc1ccc2c(c1N1c3ccccc3N(C)[C@@H]1C)C(C)(C)c1ncccc1-2.Cc1ccc2c(c1N1c3ncccc3N(C)[C@@H]1C)C(C)(C)c1ncccc1-2.[2H]C([2H])([2H])N1C=CN(c2c(C)ccc3c2C(C)(C)c2ncccc2-3)[C@H]1C. The lowest BCUT2D eigenvalue weighted by Crippen LogP contribution is -2.37. The Morgan fingerprint density at radius 2 is 0.585 bits per heavy atom. The smallest absolute Gasteiger partial charge is 0.158 e. The van der Waals surface area contributed by atoms with Crippen molar-refractivity contribution in [3.63, 3.8) is 0 Å². The van der Waals surface area contributed by atoms with Crippen molar-refractivity contribution in [3.8, 4) is 55.8 Å². The summed E-state index contributed by atoms with van der Waals surface area (Å²) in [5.41, 5.74) is 41.0. The highest BCUT2D eigenvalue weighted by Crippen LogP contribution is 2.61. The second-order valence-electron chi connectivity index (χ2n) is 37.7. The molecule has 16 nitrogen and oxygen atoms in total. The number of aromatic nitrogens is 6. The third kappa shape index (κ3) is 12.3. The number of rotatable bonds is 5. The predicted octanol–water partition coefficient (Wildman–Crippen LogP) is 23.5. The number of benzene rings is 6. The highest BCUT2D eigenvalue weighted by Gasteiger charge is 2.49. The van der Waals surface area contributed by atoms with Crippen molar-refractivity contribution in [3.05, 3.63) is 316 Å². The summed E-state index contributed by atoms with van der Waals surface area (Å²) in [6.45, 7) is 42.5. The second-order valence-corrected chi connectivity index (χ2v) is 37.7. The van der Waals surface area contributed by atoms with Crippen LogP contribution in [0.15, 0.2) is 232 Å². The molecule has 0 bridgehead atoms. The number of anilines is 9. The molecule has 0 unspecified atom stereocenters. The molecule has 123 heavy (non-hydrogen) atoms. The van der Waals surface area contributed by atoms with E-state index in [-0.39, 0.29) is 45.6 Å². The van der Waals surface area contributed by atoms with Gasteiger partial charge in [0.15, 0.2) is 5.82 Å². The van der Waals surface area contributed by atoms with Crippen molar-refractivity contribution < 1.29 is 4.11 Å². The topological polar surface area (TPSA) is 110 Å². The summed E-state index contributed by atoms with van der Waals surface area (Å²) >= 11 is 0. The summed E-state index contributed by atoms with van der Waals surface area (Å²) in [4.78, 5) is 50.7. The Hall–Kier alpha value is -12.6. The van der Waals surface area contributed by atoms with Gasteiger partial charge in [-0.25, -0.2) is 4.98 Å². The van der Waals surface area contributed by atoms with E-state index >= 15 is 0 Å². The fourth-order valence-electron chi connectivity index (χ4n) is 21.7. The van der Waals surface area contributed by atoms with Gasteiger partial charge in [-0.2, -0.15) is 0 Å². The highest BCUT2D eigenvalue weighted by molar-refractivity contribution is 5.95. The lowest BCUT2D eigenvalue weighted by molar-refractivity contribution is 0.382. The lowest BCUT2D eigenvalue weighted by Gasteiger charge is -2.34. The Labute approximate surface area is 733 Å². The number of hydrogen-bond donors (Lipinski definition) is 0. The zero-order valence-corrected chi connectivity index (χ0v) is 76.0. The van der Waals surface area contributed by atoms with Gasteiger partial charge in [-0.3, -0.25) is 24.9 Å².